The van der Waals surface area contributed by atoms with Gasteiger partial charge in [0.15, 0.2) is 5.69 Å². The number of carbonyl (C=O) groups is 1. The van der Waals surface area contributed by atoms with Gasteiger partial charge < -0.3 is 5.32 Å². The van der Waals surface area contributed by atoms with Gasteiger partial charge in [0.25, 0.3) is 5.91 Å². The number of benzene rings is 1. The van der Waals surface area contributed by atoms with E-state index in [1.165, 1.54) is 23.0 Å². The van der Waals surface area contributed by atoms with Crippen LogP contribution in [-0.2, 0) is 0 Å². The highest BCUT2D eigenvalue weighted by Crippen LogP contribution is 2.19. The van der Waals surface area contributed by atoms with Crippen molar-refractivity contribution in [3.8, 4) is 5.69 Å². The van der Waals surface area contributed by atoms with E-state index in [-0.39, 0.29) is 23.5 Å². The lowest BCUT2D eigenvalue weighted by Gasteiger charge is -1.99. The fourth-order valence-electron chi connectivity index (χ4n) is 1.57. The average molecular weight is 246 g/mol. The van der Waals surface area contributed by atoms with Crippen LogP contribution in [0, 0.1) is 5.82 Å². The van der Waals surface area contributed by atoms with E-state index in [0.29, 0.717) is 5.69 Å². The van der Waals surface area contributed by atoms with E-state index < -0.39 is 0 Å². The van der Waals surface area contributed by atoms with Crippen LogP contribution in [0.5, 0.6) is 0 Å². The number of nitrogens with one attached hydrogen (secondary N) is 1. The van der Waals surface area contributed by atoms with Crippen molar-refractivity contribution >= 4 is 5.91 Å². The molecular formula is C12H11FN4O. The van der Waals surface area contributed by atoms with Gasteiger partial charge in [-0.3, -0.25) is 4.79 Å². The minimum Gasteiger partial charge on any atom is -0.348 e. The molecule has 1 heterocycles. The summed E-state index contributed by atoms with van der Waals surface area (Å²) in [5.41, 5.74) is 0.931. The molecule has 1 amide bonds. The molecule has 3 rings (SSSR count). The van der Waals surface area contributed by atoms with Crippen molar-refractivity contribution in [1.82, 2.24) is 20.3 Å². The van der Waals surface area contributed by atoms with Gasteiger partial charge in [0.1, 0.15) is 5.82 Å². The third-order valence-electron chi connectivity index (χ3n) is 2.73. The molecule has 0 bridgehead atoms. The van der Waals surface area contributed by atoms with Gasteiger partial charge >= 0.3 is 0 Å². The predicted molar refractivity (Wildman–Crippen MR) is 61.8 cm³/mol. The molecule has 0 radical (unpaired) electrons. The molecule has 1 saturated carbocycles. The normalized spacial score (nSPS) is 14.5. The standard InChI is InChI=1S/C12H11FN4O/c13-8-1-5-10(6-2-8)17-7-11(15-16-17)12(18)14-9-3-4-9/h1-2,5-7,9H,3-4H2,(H,14,18). The van der Waals surface area contributed by atoms with Crippen LogP contribution in [0.3, 0.4) is 0 Å². The monoisotopic (exact) mass is 246 g/mol. The van der Waals surface area contributed by atoms with E-state index in [0.717, 1.165) is 12.8 Å². The summed E-state index contributed by atoms with van der Waals surface area (Å²) in [5.74, 6) is -0.531. The van der Waals surface area contributed by atoms with Gasteiger partial charge in [0.2, 0.25) is 0 Å². The quantitative estimate of drug-likeness (QED) is 0.888. The zero-order valence-corrected chi connectivity index (χ0v) is 9.51. The molecule has 1 aliphatic carbocycles. The molecule has 92 valence electrons. The maximum atomic E-state index is 12.8. The molecule has 0 saturated heterocycles. The van der Waals surface area contributed by atoms with E-state index in [4.69, 9.17) is 0 Å². The van der Waals surface area contributed by atoms with Gasteiger partial charge in [-0.1, -0.05) is 5.21 Å². The molecule has 1 aromatic heterocycles. The third kappa shape index (κ3) is 2.22. The molecule has 1 aliphatic rings. The summed E-state index contributed by atoms with van der Waals surface area (Å²) in [6.07, 6.45) is 3.58. The fourth-order valence-corrected chi connectivity index (χ4v) is 1.57. The molecule has 0 unspecified atom stereocenters. The van der Waals surface area contributed by atoms with Crippen LogP contribution in [0.15, 0.2) is 30.5 Å². The molecule has 2 aromatic rings. The van der Waals surface area contributed by atoms with Gasteiger partial charge in [-0.05, 0) is 37.1 Å². The molecule has 0 atom stereocenters. The first-order chi connectivity index (χ1) is 8.72. The Hall–Kier alpha value is -2.24. The molecule has 0 spiro atoms. The molecule has 6 heteroatoms. The van der Waals surface area contributed by atoms with Crippen molar-refractivity contribution in [3.63, 3.8) is 0 Å². The van der Waals surface area contributed by atoms with Crippen LogP contribution in [0.2, 0.25) is 0 Å². The van der Waals surface area contributed by atoms with Crippen LogP contribution < -0.4 is 5.32 Å². The lowest BCUT2D eigenvalue weighted by Crippen LogP contribution is -2.25. The Balaban J connectivity index is 1.79. The van der Waals surface area contributed by atoms with Gasteiger partial charge in [0.05, 0.1) is 11.9 Å². The second-order valence-electron chi connectivity index (χ2n) is 4.27. The number of aromatic nitrogens is 3. The topological polar surface area (TPSA) is 59.8 Å². The van der Waals surface area contributed by atoms with Crippen molar-refractivity contribution < 1.29 is 9.18 Å². The van der Waals surface area contributed by atoms with Crippen LogP contribution in [-0.4, -0.2) is 26.9 Å². The van der Waals surface area contributed by atoms with E-state index >= 15 is 0 Å². The Morgan fingerprint density at radius 2 is 2.06 bits per heavy atom. The summed E-state index contributed by atoms with van der Waals surface area (Å²) in [5, 5.41) is 10.5. The highest BCUT2D eigenvalue weighted by atomic mass is 19.1. The second kappa shape index (κ2) is 4.21. The van der Waals surface area contributed by atoms with Gasteiger partial charge in [-0.2, -0.15) is 0 Å². The minimum absolute atomic E-state index is 0.217. The fraction of sp³-hybridized carbons (Fsp3) is 0.250. The average Bonchev–Trinajstić information content (AvgIpc) is 3.04. The highest BCUT2D eigenvalue weighted by Gasteiger charge is 2.25. The summed E-state index contributed by atoms with van der Waals surface area (Å²) in [6, 6.07) is 6.11. The SMILES string of the molecule is O=C(NC1CC1)c1cn(-c2ccc(F)cc2)nn1. The summed E-state index contributed by atoms with van der Waals surface area (Å²) < 4.78 is 14.2. The Bertz CT molecular complexity index is 574. The first-order valence-electron chi connectivity index (χ1n) is 5.71. The van der Waals surface area contributed by atoms with Crippen LogP contribution in [0.4, 0.5) is 4.39 Å². The molecule has 0 aliphatic heterocycles. The largest absolute Gasteiger partial charge is 0.348 e. The van der Waals surface area contributed by atoms with Crippen molar-refractivity contribution in [1.29, 1.82) is 0 Å². The Kier molecular flexibility index (Phi) is 2.55. The first kappa shape index (κ1) is 10.9. The Morgan fingerprint density at radius 1 is 1.33 bits per heavy atom. The van der Waals surface area contributed by atoms with E-state index in [2.05, 4.69) is 15.6 Å². The Labute approximate surface area is 103 Å². The molecule has 18 heavy (non-hydrogen) atoms. The lowest BCUT2D eigenvalue weighted by molar-refractivity contribution is 0.0946. The number of carbonyl (C=O) groups excluding carboxylic acids is 1. The lowest BCUT2D eigenvalue weighted by atomic mass is 10.3. The van der Waals surface area contributed by atoms with Gasteiger partial charge in [0, 0.05) is 6.04 Å². The number of halogens is 1. The number of rotatable bonds is 3. The summed E-state index contributed by atoms with van der Waals surface area (Å²) >= 11 is 0. The smallest absolute Gasteiger partial charge is 0.273 e. The highest BCUT2D eigenvalue weighted by molar-refractivity contribution is 5.92. The van der Waals surface area contributed by atoms with Crippen LogP contribution >= 0.6 is 0 Å². The minimum atomic E-state index is -0.314. The molecule has 5 nitrogen and oxygen atoms in total. The zero-order valence-electron chi connectivity index (χ0n) is 9.51. The van der Waals surface area contributed by atoms with E-state index in [1.807, 2.05) is 0 Å². The van der Waals surface area contributed by atoms with Crippen molar-refractivity contribution in [3.05, 3.63) is 42.0 Å². The van der Waals surface area contributed by atoms with Crippen molar-refractivity contribution in [2.24, 2.45) is 0 Å². The molecular weight excluding hydrogens is 235 g/mol. The van der Waals surface area contributed by atoms with Gasteiger partial charge in [-0.25, -0.2) is 9.07 Å². The number of amides is 1. The number of hydrogen-bond donors (Lipinski definition) is 1. The molecule has 1 fully saturated rings. The molecule has 1 aromatic carbocycles. The summed E-state index contributed by atoms with van der Waals surface area (Å²) in [7, 11) is 0. The maximum Gasteiger partial charge on any atom is 0.273 e. The summed E-state index contributed by atoms with van der Waals surface area (Å²) in [4.78, 5) is 11.7. The summed E-state index contributed by atoms with van der Waals surface area (Å²) in [6.45, 7) is 0. The number of nitrogens with zero attached hydrogens (tertiary/aromatic N) is 3. The van der Waals surface area contributed by atoms with Crippen molar-refractivity contribution in [2.75, 3.05) is 0 Å². The van der Waals surface area contributed by atoms with E-state index in [9.17, 15) is 9.18 Å². The Morgan fingerprint density at radius 3 is 2.72 bits per heavy atom. The molecule has 1 N–H and O–H groups in total. The third-order valence-corrected chi connectivity index (χ3v) is 2.73. The van der Waals surface area contributed by atoms with Crippen molar-refractivity contribution in [2.45, 2.75) is 18.9 Å². The first-order valence-corrected chi connectivity index (χ1v) is 5.71. The van der Waals surface area contributed by atoms with Crippen LogP contribution in [0.1, 0.15) is 23.3 Å². The second-order valence-corrected chi connectivity index (χ2v) is 4.27. The van der Waals surface area contributed by atoms with Crippen LogP contribution in [0.25, 0.3) is 5.69 Å². The zero-order chi connectivity index (χ0) is 12.5. The predicted octanol–water partition coefficient (Wildman–Crippen LogP) is 1.30. The van der Waals surface area contributed by atoms with Gasteiger partial charge in [-0.15, -0.1) is 5.10 Å². The maximum absolute atomic E-state index is 12.8. The van der Waals surface area contributed by atoms with E-state index in [1.54, 1.807) is 12.1 Å². The number of hydrogen-bond acceptors (Lipinski definition) is 3.